The van der Waals surface area contributed by atoms with Gasteiger partial charge in [0, 0.05) is 6.54 Å². The molecule has 0 saturated carbocycles. The number of hydrogen-bond donors (Lipinski definition) is 1. The molecule has 2 aromatic rings. The standard InChI is InChI=1S/C13H11ClF3N5OS/c14-7-3-1-2-4-8(7)21-6-5-9(10(21)23)24-12-20-19-11(22(12)18)13(15,16)17/h1-4,9H,5-6,18H2. The lowest BCUT2D eigenvalue weighted by molar-refractivity contribution is -0.146. The summed E-state index contributed by atoms with van der Waals surface area (Å²) >= 11 is 6.94. The van der Waals surface area contributed by atoms with Gasteiger partial charge in [0.15, 0.2) is 0 Å². The molecule has 1 saturated heterocycles. The number of nitrogens with zero attached hydrogens (tertiary/aromatic N) is 4. The Morgan fingerprint density at radius 2 is 2.00 bits per heavy atom. The third-order valence-electron chi connectivity index (χ3n) is 3.47. The van der Waals surface area contributed by atoms with Gasteiger partial charge in [-0.05, 0) is 18.6 Å². The number of alkyl halides is 3. The van der Waals surface area contributed by atoms with Crippen LogP contribution in [0.3, 0.4) is 0 Å². The van der Waals surface area contributed by atoms with Crippen LogP contribution in [0, 0.1) is 0 Å². The van der Waals surface area contributed by atoms with Gasteiger partial charge >= 0.3 is 6.18 Å². The predicted molar refractivity (Wildman–Crippen MR) is 83.2 cm³/mol. The van der Waals surface area contributed by atoms with E-state index < -0.39 is 17.3 Å². The van der Waals surface area contributed by atoms with Gasteiger partial charge in [0.1, 0.15) is 0 Å². The number of carbonyl (C=O) groups is 1. The molecule has 0 radical (unpaired) electrons. The molecule has 1 atom stereocenters. The maximum Gasteiger partial charge on any atom is 0.453 e. The number of para-hydroxylation sites is 1. The monoisotopic (exact) mass is 377 g/mol. The van der Waals surface area contributed by atoms with Crippen LogP contribution < -0.4 is 10.7 Å². The number of nitrogen functional groups attached to an aromatic ring is 1. The second-order valence-electron chi connectivity index (χ2n) is 5.01. The molecule has 0 bridgehead atoms. The number of carbonyl (C=O) groups excluding carboxylic acids is 1. The van der Waals surface area contributed by atoms with Gasteiger partial charge in [0.2, 0.25) is 11.1 Å². The molecule has 1 aliphatic rings. The second kappa shape index (κ2) is 6.17. The van der Waals surface area contributed by atoms with Gasteiger partial charge in [0.25, 0.3) is 5.82 Å². The summed E-state index contributed by atoms with van der Waals surface area (Å²) in [5.41, 5.74) is 0.567. The lowest BCUT2D eigenvalue weighted by atomic mass is 10.3. The SMILES string of the molecule is Nn1c(SC2CCN(c3ccccc3Cl)C2=O)nnc1C(F)(F)F. The van der Waals surface area contributed by atoms with E-state index in [0.29, 0.717) is 28.4 Å². The van der Waals surface area contributed by atoms with Crippen LogP contribution in [0.1, 0.15) is 12.2 Å². The molecule has 2 N–H and O–H groups in total. The van der Waals surface area contributed by atoms with Crippen molar-refractivity contribution in [2.45, 2.75) is 23.0 Å². The second-order valence-corrected chi connectivity index (χ2v) is 6.59. The first-order valence-electron chi connectivity index (χ1n) is 6.79. The van der Waals surface area contributed by atoms with E-state index in [0.717, 1.165) is 11.8 Å². The Bertz CT molecular complexity index is 781. The average molecular weight is 378 g/mol. The first kappa shape index (κ1) is 16.9. The van der Waals surface area contributed by atoms with Crippen LogP contribution >= 0.6 is 23.4 Å². The normalized spacial score (nSPS) is 18.4. The molecule has 11 heteroatoms. The molecule has 0 spiro atoms. The smallest absolute Gasteiger partial charge is 0.335 e. The van der Waals surface area contributed by atoms with Gasteiger partial charge in [-0.15, -0.1) is 10.2 Å². The van der Waals surface area contributed by atoms with Crippen molar-refractivity contribution < 1.29 is 18.0 Å². The van der Waals surface area contributed by atoms with Gasteiger partial charge in [-0.2, -0.15) is 13.2 Å². The molecule has 1 aliphatic heterocycles. The minimum absolute atomic E-state index is 0.165. The van der Waals surface area contributed by atoms with Crippen molar-refractivity contribution in [3.8, 4) is 0 Å². The minimum Gasteiger partial charge on any atom is -0.335 e. The Morgan fingerprint density at radius 1 is 1.29 bits per heavy atom. The van der Waals surface area contributed by atoms with E-state index in [4.69, 9.17) is 17.4 Å². The number of aromatic nitrogens is 3. The van der Waals surface area contributed by atoms with Gasteiger partial charge < -0.3 is 10.7 Å². The van der Waals surface area contributed by atoms with Crippen molar-refractivity contribution in [2.24, 2.45) is 0 Å². The highest BCUT2D eigenvalue weighted by molar-refractivity contribution is 8.00. The van der Waals surface area contributed by atoms with Crippen molar-refractivity contribution in [3.05, 3.63) is 35.1 Å². The number of rotatable bonds is 3. The zero-order chi connectivity index (χ0) is 17.5. The summed E-state index contributed by atoms with van der Waals surface area (Å²) in [6.07, 6.45) is -4.27. The molecular weight excluding hydrogens is 367 g/mol. The quantitative estimate of drug-likeness (QED) is 0.832. The number of benzene rings is 1. The lowest BCUT2D eigenvalue weighted by Gasteiger charge is -2.17. The van der Waals surface area contributed by atoms with E-state index in [-0.39, 0.29) is 11.1 Å². The molecular formula is C13H11ClF3N5OS. The Balaban J connectivity index is 1.78. The van der Waals surface area contributed by atoms with E-state index in [1.807, 2.05) is 0 Å². The first-order valence-corrected chi connectivity index (χ1v) is 8.05. The summed E-state index contributed by atoms with van der Waals surface area (Å²) in [5, 5.41) is 6.13. The van der Waals surface area contributed by atoms with Gasteiger partial charge in [-0.1, -0.05) is 35.5 Å². The third kappa shape index (κ3) is 3.03. The molecule has 24 heavy (non-hydrogen) atoms. The van der Waals surface area contributed by atoms with Crippen LogP contribution in [0.5, 0.6) is 0 Å². The van der Waals surface area contributed by atoms with Crippen LogP contribution in [-0.2, 0) is 11.0 Å². The van der Waals surface area contributed by atoms with Crippen molar-refractivity contribution in [3.63, 3.8) is 0 Å². The van der Waals surface area contributed by atoms with Crippen LogP contribution in [-0.4, -0.2) is 32.6 Å². The van der Waals surface area contributed by atoms with E-state index >= 15 is 0 Å². The maximum absolute atomic E-state index is 12.7. The molecule has 2 heterocycles. The Hall–Kier alpha value is -1.94. The summed E-state index contributed by atoms with van der Waals surface area (Å²) in [4.78, 5) is 14.0. The topological polar surface area (TPSA) is 77.0 Å². The lowest BCUT2D eigenvalue weighted by Crippen LogP contribution is -2.28. The van der Waals surface area contributed by atoms with Crippen molar-refractivity contribution in [1.82, 2.24) is 14.9 Å². The Morgan fingerprint density at radius 3 is 2.62 bits per heavy atom. The fourth-order valence-corrected chi connectivity index (χ4v) is 3.58. The first-order chi connectivity index (χ1) is 11.3. The average Bonchev–Trinajstić information content (AvgIpc) is 3.05. The Labute approximate surface area is 143 Å². The summed E-state index contributed by atoms with van der Waals surface area (Å²) in [6, 6.07) is 6.87. The summed E-state index contributed by atoms with van der Waals surface area (Å²) in [5.74, 6) is 3.82. The van der Waals surface area contributed by atoms with Crippen molar-refractivity contribution in [2.75, 3.05) is 17.3 Å². The summed E-state index contributed by atoms with van der Waals surface area (Å²) in [6.45, 7) is 0.408. The molecule has 1 fully saturated rings. The molecule has 1 unspecified atom stereocenters. The number of halogens is 4. The molecule has 0 aliphatic carbocycles. The van der Waals surface area contributed by atoms with E-state index in [9.17, 15) is 18.0 Å². The molecule has 1 aromatic carbocycles. The number of amides is 1. The van der Waals surface area contributed by atoms with E-state index in [1.54, 1.807) is 24.3 Å². The number of hydrogen-bond acceptors (Lipinski definition) is 5. The fraction of sp³-hybridized carbons (Fsp3) is 0.308. The number of anilines is 1. The van der Waals surface area contributed by atoms with Crippen LogP contribution in [0.15, 0.2) is 29.4 Å². The molecule has 128 valence electrons. The van der Waals surface area contributed by atoms with Gasteiger partial charge in [0.05, 0.1) is 16.0 Å². The summed E-state index contributed by atoms with van der Waals surface area (Å²) in [7, 11) is 0. The molecule has 1 aromatic heterocycles. The Kier molecular flexibility index (Phi) is 4.35. The highest BCUT2D eigenvalue weighted by atomic mass is 35.5. The number of thioether (sulfide) groups is 1. The minimum atomic E-state index is -4.70. The largest absolute Gasteiger partial charge is 0.453 e. The van der Waals surface area contributed by atoms with Crippen LogP contribution in [0.2, 0.25) is 5.02 Å². The molecule has 3 rings (SSSR count). The van der Waals surface area contributed by atoms with Gasteiger partial charge in [-0.3, -0.25) is 4.79 Å². The van der Waals surface area contributed by atoms with Gasteiger partial charge in [-0.25, -0.2) is 4.68 Å². The van der Waals surface area contributed by atoms with E-state index in [1.165, 1.54) is 4.90 Å². The highest BCUT2D eigenvalue weighted by Gasteiger charge is 2.40. The summed E-state index contributed by atoms with van der Waals surface area (Å²) < 4.78 is 38.4. The molecule has 1 amide bonds. The maximum atomic E-state index is 12.7. The fourth-order valence-electron chi connectivity index (χ4n) is 2.35. The van der Waals surface area contributed by atoms with Crippen LogP contribution in [0.4, 0.5) is 18.9 Å². The van der Waals surface area contributed by atoms with Crippen LogP contribution in [0.25, 0.3) is 0 Å². The van der Waals surface area contributed by atoms with Crippen molar-refractivity contribution in [1.29, 1.82) is 0 Å². The molecule has 6 nitrogen and oxygen atoms in total. The predicted octanol–water partition coefficient (Wildman–Crippen LogP) is 2.56. The highest BCUT2D eigenvalue weighted by Crippen LogP contribution is 2.36. The third-order valence-corrected chi connectivity index (χ3v) is 5.00. The van der Waals surface area contributed by atoms with E-state index in [2.05, 4.69) is 10.2 Å². The zero-order valence-corrected chi connectivity index (χ0v) is 13.6. The van der Waals surface area contributed by atoms with Crippen molar-refractivity contribution >= 4 is 35.0 Å². The zero-order valence-electron chi connectivity index (χ0n) is 12.0. The number of nitrogens with two attached hydrogens (primary N) is 1.